The van der Waals surface area contributed by atoms with Gasteiger partial charge in [0.25, 0.3) is 0 Å². The molecule has 2 fully saturated rings. The highest BCUT2D eigenvalue weighted by Gasteiger charge is 2.26. The van der Waals surface area contributed by atoms with Crippen molar-refractivity contribution in [3.63, 3.8) is 0 Å². The molecule has 2 aliphatic rings. The molecule has 0 radical (unpaired) electrons. The molecule has 2 N–H and O–H groups in total. The topological polar surface area (TPSA) is 48.9 Å². The summed E-state index contributed by atoms with van der Waals surface area (Å²) in [4.78, 5) is 6.81. The Morgan fingerprint density at radius 3 is 2.55 bits per heavy atom. The lowest BCUT2D eigenvalue weighted by molar-refractivity contribution is -0.0506. The summed E-state index contributed by atoms with van der Waals surface area (Å²) in [5, 5.41) is 6.40. The molecule has 1 saturated heterocycles. The van der Waals surface area contributed by atoms with E-state index in [-0.39, 0.29) is 17.9 Å². The number of alkyl halides is 2. The number of piperidine rings is 1. The first-order valence-electron chi connectivity index (χ1n) is 10.5. The highest BCUT2D eigenvalue weighted by molar-refractivity contribution is 5.80. The standard InChI is InChI=1S/C21H31F3N4O/c1-25-21(26-14-17-18(22)8-5-9-19(17)29-20(23)24)27-15-10-12-28(13-11-15)16-6-3-2-4-7-16/h5,8-9,15-16,20H,2-4,6-7,10-14H2,1H3,(H2,25,26,27). The Labute approximate surface area is 170 Å². The molecule has 0 amide bonds. The maximum atomic E-state index is 14.1. The molecular formula is C21H31F3N4O. The second-order valence-electron chi connectivity index (χ2n) is 7.77. The number of nitrogens with zero attached hydrogens (tertiary/aromatic N) is 2. The van der Waals surface area contributed by atoms with E-state index in [2.05, 4.69) is 25.3 Å². The van der Waals surface area contributed by atoms with Gasteiger partial charge >= 0.3 is 6.61 Å². The van der Waals surface area contributed by atoms with Crippen molar-refractivity contribution < 1.29 is 17.9 Å². The van der Waals surface area contributed by atoms with E-state index < -0.39 is 12.4 Å². The van der Waals surface area contributed by atoms with Gasteiger partial charge < -0.3 is 20.3 Å². The van der Waals surface area contributed by atoms with Crippen LogP contribution in [-0.2, 0) is 6.54 Å². The third-order valence-electron chi connectivity index (χ3n) is 5.91. The number of nitrogens with one attached hydrogen (secondary N) is 2. The van der Waals surface area contributed by atoms with Crippen molar-refractivity contribution in [3.05, 3.63) is 29.6 Å². The van der Waals surface area contributed by atoms with Gasteiger partial charge in [-0.15, -0.1) is 0 Å². The van der Waals surface area contributed by atoms with Crippen LogP contribution in [0.25, 0.3) is 0 Å². The minimum absolute atomic E-state index is 0.00925. The number of aliphatic imine (C=N–C) groups is 1. The van der Waals surface area contributed by atoms with Crippen LogP contribution in [0.5, 0.6) is 5.75 Å². The fourth-order valence-electron chi connectivity index (χ4n) is 4.33. The second kappa shape index (κ2) is 10.7. The molecule has 1 aromatic carbocycles. The molecule has 3 rings (SSSR count). The maximum Gasteiger partial charge on any atom is 0.387 e. The minimum Gasteiger partial charge on any atom is -0.434 e. The van der Waals surface area contributed by atoms with Crippen LogP contribution in [0.4, 0.5) is 13.2 Å². The zero-order valence-corrected chi connectivity index (χ0v) is 17.0. The highest BCUT2D eigenvalue weighted by Crippen LogP contribution is 2.25. The predicted molar refractivity (Wildman–Crippen MR) is 108 cm³/mol. The van der Waals surface area contributed by atoms with E-state index in [1.807, 2.05) is 0 Å². The molecule has 0 spiro atoms. The summed E-state index contributed by atoms with van der Waals surface area (Å²) in [7, 11) is 1.64. The van der Waals surface area contributed by atoms with Gasteiger partial charge in [0, 0.05) is 44.3 Å². The smallest absolute Gasteiger partial charge is 0.387 e. The van der Waals surface area contributed by atoms with Crippen molar-refractivity contribution in [3.8, 4) is 5.75 Å². The molecule has 29 heavy (non-hydrogen) atoms. The molecule has 1 aliphatic heterocycles. The van der Waals surface area contributed by atoms with Crippen LogP contribution < -0.4 is 15.4 Å². The van der Waals surface area contributed by atoms with Gasteiger partial charge in [-0.2, -0.15) is 8.78 Å². The van der Waals surface area contributed by atoms with E-state index in [1.165, 1.54) is 50.3 Å². The molecule has 0 unspecified atom stereocenters. The zero-order valence-electron chi connectivity index (χ0n) is 17.0. The molecule has 162 valence electrons. The Morgan fingerprint density at radius 2 is 1.90 bits per heavy atom. The first-order chi connectivity index (χ1) is 14.1. The van der Waals surface area contributed by atoms with E-state index in [9.17, 15) is 13.2 Å². The lowest BCUT2D eigenvalue weighted by Gasteiger charge is -2.39. The summed E-state index contributed by atoms with van der Waals surface area (Å²) < 4.78 is 43.7. The van der Waals surface area contributed by atoms with E-state index in [0.29, 0.717) is 12.0 Å². The van der Waals surface area contributed by atoms with E-state index in [1.54, 1.807) is 7.05 Å². The first kappa shape index (κ1) is 21.7. The number of ether oxygens (including phenoxy) is 1. The molecule has 5 nitrogen and oxygen atoms in total. The number of hydrogen-bond acceptors (Lipinski definition) is 3. The van der Waals surface area contributed by atoms with Crippen LogP contribution in [0.3, 0.4) is 0 Å². The minimum atomic E-state index is -3.00. The Morgan fingerprint density at radius 1 is 1.17 bits per heavy atom. The molecule has 1 aromatic rings. The van der Waals surface area contributed by atoms with Gasteiger partial charge in [-0.05, 0) is 37.8 Å². The van der Waals surface area contributed by atoms with Crippen LogP contribution in [-0.4, -0.2) is 49.7 Å². The largest absolute Gasteiger partial charge is 0.434 e. The van der Waals surface area contributed by atoms with Gasteiger partial charge in [0.2, 0.25) is 0 Å². The summed E-state index contributed by atoms with van der Waals surface area (Å²) in [6, 6.07) is 4.94. The van der Waals surface area contributed by atoms with E-state index >= 15 is 0 Å². The monoisotopic (exact) mass is 412 g/mol. The Bertz CT molecular complexity index is 672. The van der Waals surface area contributed by atoms with Crippen molar-refractivity contribution in [1.29, 1.82) is 0 Å². The number of likely N-dealkylation sites (tertiary alicyclic amines) is 1. The number of halogens is 3. The molecule has 1 saturated carbocycles. The lowest BCUT2D eigenvalue weighted by Crippen LogP contribution is -2.50. The summed E-state index contributed by atoms with van der Waals surface area (Å²) >= 11 is 0. The van der Waals surface area contributed by atoms with Crippen LogP contribution in [0.15, 0.2) is 23.2 Å². The molecule has 0 bridgehead atoms. The number of hydrogen-bond donors (Lipinski definition) is 2. The van der Waals surface area contributed by atoms with Crippen molar-refractivity contribution in [2.75, 3.05) is 20.1 Å². The van der Waals surface area contributed by atoms with E-state index in [4.69, 9.17) is 0 Å². The Kier molecular flexibility index (Phi) is 8.03. The van der Waals surface area contributed by atoms with Gasteiger partial charge in [-0.3, -0.25) is 4.99 Å². The number of guanidine groups is 1. The average Bonchev–Trinajstić information content (AvgIpc) is 2.73. The third kappa shape index (κ3) is 6.26. The van der Waals surface area contributed by atoms with Crippen LogP contribution in [0, 0.1) is 5.82 Å². The molecule has 0 aromatic heterocycles. The number of benzene rings is 1. The van der Waals surface area contributed by atoms with Gasteiger partial charge in [-0.25, -0.2) is 4.39 Å². The Balaban J connectivity index is 1.49. The van der Waals surface area contributed by atoms with Crippen LogP contribution >= 0.6 is 0 Å². The highest BCUT2D eigenvalue weighted by atomic mass is 19.3. The van der Waals surface area contributed by atoms with Crippen molar-refractivity contribution in [1.82, 2.24) is 15.5 Å². The summed E-state index contributed by atoms with van der Waals surface area (Å²) in [5.41, 5.74) is 0.0582. The molecule has 1 aliphatic carbocycles. The summed E-state index contributed by atoms with van der Waals surface area (Å²) in [5.74, 6) is -0.219. The quantitative estimate of drug-likeness (QED) is 0.550. The van der Waals surface area contributed by atoms with Crippen molar-refractivity contribution in [2.45, 2.75) is 70.2 Å². The normalized spacial score (nSPS) is 20.1. The average molecular weight is 413 g/mol. The lowest BCUT2D eigenvalue weighted by atomic mass is 9.92. The Hall–Kier alpha value is -1.96. The fourth-order valence-corrected chi connectivity index (χ4v) is 4.33. The van der Waals surface area contributed by atoms with Crippen molar-refractivity contribution >= 4 is 5.96 Å². The summed E-state index contributed by atoms with van der Waals surface area (Å²) in [6.07, 6.45) is 8.72. The van der Waals surface area contributed by atoms with Gasteiger partial charge in [0.1, 0.15) is 11.6 Å². The second-order valence-corrected chi connectivity index (χ2v) is 7.77. The molecular weight excluding hydrogens is 381 g/mol. The summed E-state index contributed by atoms with van der Waals surface area (Å²) in [6.45, 7) is -0.852. The van der Waals surface area contributed by atoms with Crippen LogP contribution in [0.1, 0.15) is 50.5 Å². The first-order valence-corrected chi connectivity index (χ1v) is 10.5. The maximum absolute atomic E-state index is 14.1. The zero-order chi connectivity index (χ0) is 20.6. The van der Waals surface area contributed by atoms with Crippen molar-refractivity contribution in [2.24, 2.45) is 4.99 Å². The van der Waals surface area contributed by atoms with Crippen LogP contribution in [0.2, 0.25) is 0 Å². The SMILES string of the molecule is CN=C(NCc1c(F)cccc1OC(F)F)NC1CCN(C2CCCCC2)CC1. The van der Waals surface area contributed by atoms with Gasteiger partial charge in [-0.1, -0.05) is 25.3 Å². The molecule has 1 heterocycles. The number of rotatable bonds is 6. The van der Waals surface area contributed by atoms with E-state index in [0.717, 1.165) is 32.0 Å². The predicted octanol–water partition coefficient (Wildman–Crippen LogP) is 3.89. The van der Waals surface area contributed by atoms with Gasteiger partial charge in [0.05, 0.1) is 0 Å². The van der Waals surface area contributed by atoms with Gasteiger partial charge in [0.15, 0.2) is 5.96 Å². The molecule has 0 atom stereocenters. The molecule has 8 heteroatoms. The third-order valence-corrected chi connectivity index (χ3v) is 5.91. The fraction of sp³-hybridized carbons (Fsp3) is 0.667.